The zero-order valence-electron chi connectivity index (χ0n) is 31.6. The zero-order chi connectivity index (χ0) is 38.5. The first-order valence-corrected chi connectivity index (χ1v) is 18.8. The maximum Gasteiger partial charge on any atom is 0.333 e. The SMILES string of the molecule is C=C1CC(CC(O)C(C)C(O)CC(O)C(C)(C)C(O)C/C(C)=C/C(O)C2OC3C/C(C)=C/C4CC(CCC/C(C)=C/C(=O)OC2C3)OC4O)OC1=O. The van der Waals surface area contributed by atoms with E-state index in [1.165, 1.54) is 6.08 Å². The van der Waals surface area contributed by atoms with Gasteiger partial charge in [-0.2, -0.15) is 0 Å². The van der Waals surface area contributed by atoms with E-state index in [9.17, 15) is 40.2 Å². The van der Waals surface area contributed by atoms with Gasteiger partial charge in [0, 0.05) is 54.6 Å². The van der Waals surface area contributed by atoms with Crippen molar-refractivity contribution in [1.82, 2.24) is 0 Å². The number of ether oxygens (including phenoxy) is 4. The number of hydrogen-bond acceptors (Lipinski definition) is 12. The molecule has 0 aromatic rings. The first-order valence-electron chi connectivity index (χ1n) is 18.8. The van der Waals surface area contributed by atoms with Gasteiger partial charge in [0.2, 0.25) is 0 Å². The van der Waals surface area contributed by atoms with Crippen LogP contribution in [0.4, 0.5) is 0 Å². The summed E-state index contributed by atoms with van der Waals surface area (Å²) < 4.78 is 23.1. The summed E-state index contributed by atoms with van der Waals surface area (Å²) in [7, 11) is 0. The molecule has 0 aromatic carbocycles. The average Bonchev–Trinajstić information content (AvgIpc) is 3.70. The second-order valence-corrected chi connectivity index (χ2v) is 16.4. The fourth-order valence-electron chi connectivity index (χ4n) is 7.77. The lowest BCUT2D eigenvalue weighted by atomic mass is 9.75. The second-order valence-electron chi connectivity index (χ2n) is 16.4. The molecular weight excluding hydrogens is 672 g/mol. The Morgan fingerprint density at radius 1 is 0.981 bits per heavy atom. The van der Waals surface area contributed by atoms with Gasteiger partial charge in [-0.1, -0.05) is 56.2 Å². The number of rotatable bonds is 12. The predicted molar refractivity (Wildman–Crippen MR) is 192 cm³/mol. The first kappa shape index (κ1) is 42.3. The maximum absolute atomic E-state index is 12.9. The fraction of sp³-hybridized carbons (Fsp3) is 0.750. The number of carbonyl (C=O) groups excluding carboxylic acids is 2. The van der Waals surface area contributed by atoms with Gasteiger partial charge in [-0.05, 0) is 59.3 Å². The molecule has 4 bridgehead atoms. The molecule has 13 atom stereocenters. The molecule has 0 aromatic heterocycles. The van der Waals surface area contributed by atoms with Gasteiger partial charge in [0.1, 0.15) is 24.4 Å². The Kier molecular flexibility index (Phi) is 14.9. The van der Waals surface area contributed by atoms with Gasteiger partial charge in [-0.15, -0.1) is 0 Å². The Morgan fingerprint density at radius 3 is 2.37 bits per heavy atom. The van der Waals surface area contributed by atoms with E-state index in [1.54, 1.807) is 33.8 Å². The van der Waals surface area contributed by atoms with Crippen molar-refractivity contribution >= 4 is 11.9 Å². The van der Waals surface area contributed by atoms with Gasteiger partial charge < -0.3 is 49.6 Å². The van der Waals surface area contributed by atoms with Crippen LogP contribution in [-0.2, 0) is 28.5 Å². The number of aliphatic hydroxyl groups excluding tert-OH is 6. The molecule has 0 aliphatic carbocycles. The van der Waals surface area contributed by atoms with E-state index in [4.69, 9.17) is 18.9 Å². The summed E-state index contributed by atoms with van der Waals surface area (Å²) in [5.41, 5.74) is 1.77. The Balaban J connectivity index is 1.38. The number of hydrogen-bond donors (Lipinski definition) is 6. The molecule has 52 heavy (non-hydrogen) atoms. The predicted octanol–water partition coefficient (Wildman–Crippen LogP) is 3.70. The topological polar surface area (TPSA) is 192 Å². The number of allylic oxidation sites excluding steroid dienone is 1. The van der Waals surface area contributed by atoms with Crippen LogP contribution in [-0.4, -0.2) is 110 Å². The molecule has 6 N–H and O–H groups in total. The van der Waals surface area contributed by atoms with Gasteiger partial charge in [0.15, 0.2) is 6.29 Å². The highest BCUT2D eigenvalue weighted by molar-refractivity contribution is 5.89. The lowest BCUT2D eigenvalue weighted by Crippen LogP contribution is -2.44. The second kappa shape index (κ2) is 18.3. The van der Waals surface area contributed by atoms with Crippen LogP contribution in [0.2, 0.25) is 0 Å². The quantitative estimate of drug-likeness (QED) is 0.0970. The van der Waals surface area contributed by atoms with Crippen LogP contribution < -0.4 is 0 Å². The number of aliphatic hydroxyl groups is 6. The summed E-state index contributed by atoms with van der Waals surface area (Å²) in [6, 6.07) is 0. The van der Waals surface area contributed by atoms with Crippen molar-refractivity contribution in [2.24, 2.45) is 17.3 Å². The highest BCUT2D eigenvalue weighted by Gasteiger charge is 2.43. The number of cyclic esters (lactones) is 1. The standard InChI is InChI=1S/C40H62O12/c1-21-9-8-10-27-17-26(39(48)50-27)11-22(2)12-28-19-33(52-36(46)15-21)37(49-28)32(43)13-23(3)14-34(44)40(6,7)35(45)20-31(42)25(5)30(41)18-29-16-24(4)38(47)51-29/h11,13,15,25-35,37,39,41-45,48H,4,8-10,12,14,16-20H2,1-3,5-7H3/b21-15+,22-11+,23-13+. The van der Waals surface area contributed by atoms with E-state index < -0.39 is 78.4 Å². The third kappa shape index (κ3) is 11.3. The molecule has 0 amide bonds. The summed E-state index contributed by atoms with van der Waals surface area (Å²) >= 11 is 0. The molecule has 0 spiro atoms. The Hall–Kier alpha value is -2.42. The highest BCUT2D eigenvalue weighted by atomic mass is 16.6. The molecule has 0 radical (unpaired) electrons. The summed E-state index contributed by atoms with van der Waals surface area (Å²) in [5, 5.41) is 65.9. The van der Waals surface area contributed by atoms with Crippen molar-refractivity contribution < 1.29 is 59.2 Å². The van der Waals surface area contributed by atoms with Gasteiger partial charge in [-0.3, -0.25) is 0 Å². The monoisotopic (exact) mass is 734 g/mol. The third-order valence-corrected chi connectivity index (χ3v) is 11.5. The molecule has 4 aliphatic heterocycles. The minimum Gasteiger partial charge on any atom is -0.459 e. The maximum atomic E-state index is 12.9. The minimum atomic E-state index is -1.16. The van der Waals surface area contributed by atoms with E-state index in [-0.39, 0.29) is 37.4 Å². The van der Waals surface area contributed by atoms with Crippen molar-refractivity contribution in [2.75, 3.05) is 0 Å². The van der Waals surface area contributed by atoms with Crippen molar-refractivity contribution in [3.8, 4) is 0 Å². The van der Waals surface area contributed by atoms with Crippen LogP contribution in [0.3, 0.4) is 0 Å². The van der Waals surface area contributed by atoms with Crippen LogP contribution in [0, 0.1) is 17.3 Å². The van der Waals surface area contributed by atoms with Crippen molar-refractivity contribution in [1.29, 1.82) is 0 Å². The lowest BCUT2D eigenvalue weighted by Gasteiger charge is -2.38. The molecule has 4 rings (SSSR count). The van der Waals surface area contributed by atoms with Crippen LogP contribution in [0.25, 0.3) is 0 Å². The molecule has 3 saturated heterocycles. The Bertz CT molecular complexity index is 1340. The molecule has 4 heterocycles. The number of carbonyl (C=O) groups is 2. The van der Waals surface area contributed by atoms with Gasteiger partial charge in [0.25, 0.3) is 0 Å². The van der Waals surface area contributed by atoms with Crippen LogP contribution >= 0.6 is 0 Å². The normalized spacial score (nSPS) is 35.0. The molecule has 12 heteroatoms. The Labute approximate surface area is 308 Å². The molecule has 13 unspecified atom stereocenters. The van der Waals surface area contributed by atoms with E-state index in [2.05, 4.69) is 6.58 Å². The van der Waals surface area contributed by atoms with Crippen molar-refractivity contribution in [3.05, 3.63) is 47.1 Å². The molecule has 0 saturated carbocycles. The average molecular weight is 735 g/mol. The van der Waals surface area contributed by atoms with Crippen molar-refractivity contribution in [2.45, 2.75) is 173 Å². The van der Waals surface area contributed by atoms with Crippen LogP contribution in [0.5, 0.6) is 0 Å². The van der Waals surface area contributed by atoms with Gasteiger partial charge >= 0.3 is 11.9 Å². The molecule has 12 nitrogen and oxygen atoms in total. The third-order valence-electron chi connectivity index (χ3n) is 11.5. The lowest BCUT2D eigenvalue weighted by molar-refractivity contribution is -0.148. The summed E-state index contributed by atoms with van der Waals surface area (Å²) in [6.45, 7) is 14.3. The molecule has 3 fully saturated rings. The van der Waals surface area contributed by atoms with E-state index >= 15 is 0 Å². The smallest absolute Gasteiger partial charge is 0.333 e. The van der Waals surface area contributed by atoms with E-state index in [0.29, 0.717) is 36.8 Å². The summed E-state index contributed by atoms with van der Waals surface area (Å²) in [5.74, 6) is -1.74. The minimum absolute atomic E-state index is 0.0429. The fourth-order valence-corrected chi connectivity index (χ4v) is 7.77. The highest BCUT2D eigenvalue weighted by Crippen LogP contribution is 2.36. The zero-order valence-corrected chi connectivity index (χ0v) is 31.6. The summed E-state index contributed by atoms with van der Waals surface area (Å²) in [6.07, 6.45) is 0.670. The first-order chi connectivity index (χ1) is 24.3. The number of fused-ring (bicyclic) bond motifs is 4. The van der Waals surface area contributed by atoms with Crippen LogP contribution in [0.15, 0.2) is 47.1 Å². The molecule has 4 aliphatic rings. The van der Waals surface area contributed by atoms with Crippen LogP contribution in [0.1, 0.15) is 106 Å². The van der Waals surface area contributed by atoms with E-state index in [1.807, 2.05) is 19.9 Å². The largest absolute Gasteiger partial charge is 0.459 e. The Morgan fingerprint density at radius 2 is 1.69 bits per heavy atom. The van der Waals surface area contributed by atoms with E-state index in [0.717, 1.165) is 30.4 Å². The number of esters is 2. The molecule has 294 valence electrons. The molecular formula is C40H62O12. The summed E-state index contributed by atoms with van der Waals surface area (Å²) in [4.78, 5) is 24.6. The van der Waals surface area contributed by atoms with Crippen molar-refractivity contribution in [3.63, 3.8) is 0 Å². The van der Waals surface area contributed by atoms with Gasteiger partial charge in [-0.25, -0.2) is 9.59 Å². The van der Waals surface area contributed by atoms with Gasteiger partial charge in [0.05, 0.1) is 36.6 Å².